The average Bonchev–Trinajstić information content (AvgIpc) is 3.14. The molecule has 132 valence electrons. The van der Waals surface area contributed by atoms with Crippen molar-refractivity contribution in [2.75, 3.05) is 0 Å². The summed E-state index contributed by atoms with van der Waals surface area (Å²) in [4.78, 5) is 4.31. The number of nitrogens with zero attached hydrogens (tertiary/aromatic N) is 2. The predicted octanol–water partition coefficient (Wildman–Crippen LogP) is 1.59. The quantitative estimate of drug-likeness (QED) is 0.498. The molecule has 0 aliphatic carbocycles. The van der Waals surface area contributed by atoms with Crippen LogP contribution in [0.15, 0.2) is 63.1 Å². The van der Waals surface area contributed by atoms with E-state index in [-0.39, 0.29) is 4.90 Å². The Morgan fingerprint density at radius 2 is 1.85 bits per heavy atom. The number of aromatic nitrogens is 1. The smallest absolute Gasteiger partial charge is 0.239 e. The third-order valence-electron chi connectivity index (χ3n) is 3.97. The maximum Gasteiger partial charge on any atom is 0.239 e. The first-order valence-electron chi connectivity index (χ1n) is 7.50. The zero-order valence-corrected chi connectivity index (χ0v) is 15.6. The first kappa shape index (κ1) is 16.9. The molecule has 0 fully saturated rings. The molecule has 2 aromatic carbocycles. The van der Waals surface area contributed by atoms with Crippen LogP contribution in [0.3, 0.4) is 0 Å². The van der Waals surface area contributed by atoms with Crippen molar-refractivity contribution in [1.29, 1.82) is 0 Å². The van der Waals surface area contributed by atoms with Crippen molar-refractivity contribution in [3.63, 3.8) is 0 Å². The largest absolute Gasteiger partial charge is 0.285 e. The van der Waals surface area contributed by atoms with Gasteiger partial charge in [0.2, 0.25) is 10.0 Å². The highest BCUT2D eigenvalue weighted by atomic mass is 79.9. The highest BCUT2D eigenvalue weighted by molar-refractivity contribution is 9.10. The molecule has 1 aromatic heterocycles. The fourth-order valence-electron chi connectivity index (χ4n) is 2.94. The summed E-state index contributed by atoms with van der Waals surface area (Å²) in [5.41, 5.74) is 10.6. The van der Waals surface area contributed by atoms with Gasteiger partial charge < -0.3 is 0 Å². The minimum atomic E-state index is -4.02. The van der Waals surface area contributed by atoms with Crippen LogP contribution in [0.25, 0.3) is 22.0 Å². The van der Waals surface area contributed by atoms with Gasteiger partial charge in [-0.05, 0) is 45.3 Å². The predicted molar refractivity (Wildman–Crippen MR) is 102 cm³/mol. The third-order valence-corrected chi connectivity index (χ3v) is 5.89. The van der Waals surface area contributed by atoms with Crippen molar-refractivity contribution in [3.8, 4) is 11.1 Å². The van der Waals surface area contributed by atoms with Crippen molar-refractivity contribution in [2.24, 2.45) is 10.2 Å². The third kappa shape index (κ3) is 2.82. The van der Waals surface area contributed by atoms with Gasteiger partial charge in [-0.1, -0.05) is 24.3 Å². The van der Waals surface area contributed by atoms with E-state index in [2.05, 4.69) is 42.5 Å². The van der Waals surface area contributed by atoms with Crippen LogP contribution in [0.1, 0.15) is 5.56 Å². The Balaban J connectivity index is 2.12. The summed E-state index contributed by atoms with van der Waals surface area (Å²) in [7, 11) is -4.02. The topological polar surface area (TPSA) is 122 Å². The lowest BCUT2D eigenvalue weighted by molar-refractivity contribution is 0.577. The fraction of sp³-hybridized carbons (Fsp3) is 0. The molecule has 1 aliphatic heterocycles. The van der Waals surface area contributed by atoms with Gasteiger partial charge in [-0.3, -0.25) is 10.4 Å². The number of nitrogens with two attached hydrogens (primary N) is 1. The SMILES string of the molecule is NS(=O)(=O)c1c(Br)ccc(-c2ccnc3ccccc23)c1C1=NNNN1. The highest BCUT2D eigenvalue weighted by Crippen LogP contribution is 2.36. The van der Waals surface area contributed by atoms with Crippen LogP contribution in [0.5, 0.6) is 0 Å². The molecule has 26 heavy (non-hydrogen) atoms. The zero-order valence-electron chi connectivity index (χ0n) is 13.2. The number of para-hydroxylation sites is 1. The van der Waals surface area contributed by atoms with Crippen LogP contribution in [-0.4, -0.2) is 19.2 Å². The van der Waals surface area contributed by atoms with Gasteiger partial charge in [-0.15, -0.1) is 10.6 Å². The molecular weight excluding hydrogens is 420 g/mol. The van der Waals surface area contributed by atoms with Gasteiger partial charge >= 0.3 is 0 Å². The number of rotatable bonds is 3. The molecule has 2 heterocycles. The number of primary sulfonamides is 1. The molecule has 0 spiro atoms. The number of fused-ring (bicyclic) bond motifs is 1. The number of hydrazine groups is 2. The summed E-state index contributed by atoms with van der Waals surface area (Å²) in [6.45, 7) is 0. The van der Waals surface area contributed by atoms with Crippen LogP contribution in [0.4, 0.5) is 0 Å². The van der Waals surface area contributed by atoms with Crippen molar-refractivity contribution < 1.29 is 8.42 Å². The van der Waals surface area contributed by atoms with Gasteiger partial charge in [0.05, 0.1) is 5.52 Å². The molecule has 0 atom stereocenters. The average molecular weight is 433 g/mol. The number of hydrogen-bond acceptors (Lipinski definition) is 7. The van der Waals surface area contributed by atoms with Gasteiger partial charge in [-0.25, -0.2) is 19.1 Å². The van der Waals surface area contributed by atoms with Gasteiger partial charge in [0.1, 0.15) is 4.90 Å². The summed E-state index contributed by atoms with van der Waals surface area (Å²) in [5, 5.41) is 10.5. The van der Waals surface area contributed by atoms with Crippen molar-refractivity contribution >= 4 is 42.7 Å². The molecule has 0 radical (unpaired) electrons. The molecule has 0 amide bonds. The summed E-state index contributed by atoms with van der Waals surface area (Å²) in [6.07, 6.45) is 1.68. The van der Waals surface area contributed by atoms with E-state index < -0.39 is 10.0 Å². The lowest BCUT2D eigenvalue weighted by atomic mass is 9.96. The zero-order chi connectivity index (χ0) is 18.3. The van der Waals surface area contributed by atoms with Crippen LogP contribution >= 0.6 is 15.9 Å². The van der Waals surface area contributed by atoms with E-state index in [0.717, 1.165) is 16.5 Å². The number of hydrogen-bond donors (Lipinski definition) is 4. The van der Waals surface area contributed by atoms with Gasteiger partial charge in [0.25, 0.3) is 0 Å². The molecule has 10 heteroatoms. The van der Waals surface area contributed by atoms with E-state index in [4.69, 9.17) is 5.14 Å². The minimum absolute atomic E-state index is 0.0485. The Morgan fingerprint density at radius 1 is 1.04 bits per heavy atom. The Hall–Kier alpha value is -2.53. The summed E-state index contributed by atoms with van der Waals surface area (Å²) in [5.74, 6) is 0.311. The normalized spacial score (nSPS) is 14.0. The highest BCUT2D eigenvalue weighted by Gasteiger charge is 2.27. The number of benzene rings is 2. The van der Waals surface area contributed by atoms with E-state index in [1.165, 1.54) is 0 Å². The standard InChI is InChI=1S/C16H13BrN6O2S/c17-12-6-5-11(9-7-8-19-13-4-2-1-3-10(9)13)14(15(12)26(18,24)25)16-20-22-23-21-16/h1-8,22-23H,(H,20,21)(H2,18,24,25). The number of amidine groups is 1. The second-order valence-electron chi connectivity index (χ2n) is 5.54. The summed E-state index contributed by atoms with van der Waals surface area (Å²) < 4.78 is 24.9. The molecule has 3 aromatic rings. The number of hydrazone groups is 1. The molecule has 4 rings (SSSR count). The Kier molecular flexibility index (Phi) is 4.11. The van der Waals surface area contributed by atoms with Crippen molar-refractivity contribution in [1.82, 2.24) is 21.5 Å². The molecule has 1 aliphatic rings. The van der Waals surface area contributed by atoms with Gasteiger partial charge in [0.15, 0.2) is 5.84 Å². The lowest BCUT2D eigenvalue weighted by Gasteiger charge is -2.16. The van der Waals surface area contributed by atoms with Crippen molar-refractivity contribution in [2.45, 2.75) is 4.90 Å². The Labute approximate surface area is 157 Å². The summed E-state index contributed by atoms with van der Waals surface area (Å²) >= 11 is 3.29. The number of pyridine rings is 1. The Morgan fingerprint density at radius 3 is 2.58 bits per heavy atom. The maximum absolute atomic E-state index is 12.3. The number of halogens is 1. The fourth-order valence-corrected chi connectivity index (χ4v) is 4.78. The lowest BCUT2D eigenvalue weighted by Crippen LogP contribution is -2.36. The molecule has 5 N–H and O–H groups in total. The molecule has 0 saturated carbocycles. The first-order chi connectivity index (χ1) is 12.5. The molecule has 0 unspecified atom stereocenters. The van der Waals surface area contributed by atoms with E-state index in [1.807, 2.05) is 36.4 Å². The van der Waals surface area contributed by atoms with E-state index in [1.54, 1.807) is 12.3 Å². The summed E-state index contributed by atoms with van der Waals surface area (Å²) in [6, 6.07) is 12.9. The number of sulfonamides is 1. The van der Waals surface area contributed by atoms with Crippen LogP contribution in [-0.2, 0) is 10.0 Å². The minimum Gasteiger partial charge on any atom is -0.285 e. The van der Waals surface area contributed by atoms with Crippen LogP contribution in [0, 0.1) is 0 Å². The monoisotopic (exact) mass is 432 g/mol. The van der Waals surface area contributed by atoms with E-state index in [9.17, 15) is 8.42 Å². The first-order valence-corrected chi connectivity index (χ1v) is 9.84. The molecular formula is C16H13BrN6O2S. The molecule has 0 bridgehead atoms. The van der Waals surface area contributed by atoms with Gasteiger partial charge in [-0.2, -0.15) is 0 Å². The number of nitrogens with one attached hydrogen (secondary N) is 3. The second kappa shape index (κ2) is 6.32. The van der Waals surface area contributed by atoms with Crippen LogP contribution in [0.2, 0.25) is 0 Å². The van der Waals surface area contributed by atoms with E-state index in [0.29, 0.717) is 21.4 Å². The van der Waals surface area contributed by atoms with Gasteiger partial charge in [0, 0.05) is 21.6 Å². The van der Waals surface area contributed by atoms with Crippen LogP contribution < -0.4 is 21.6 Å². The molecule has 0 saturated heterocycles. The molecule has 8 nitrogen and oxygen atoms in total. The maximum atomic E-state index is 12.3. The van der Waals surface area contributed by atoms with Crippen molar-refractivity contribution in [3.05, 3.63) is 58.7 Å². The second-order valence-corrected chi connectivity index (χ2v) is 7.89. The Bertz CT molecular complexity index is 1160. The van der Waals surface area contributed by atoms with E-state index >= 15 is 0 Å².